The van der Waals surface area contributed by atoms with E-state index in [0.29, 0.717) is 28.0 Å². The van der Waals surface area contributed by atoms with Crippen molar-refractivity contribution in [2.75, 3.05) is 0 Å². The SMILES string of the molecule is O=c1c2ccccc2nc(C=Cc2cc(Br)ccc2O)n1-c1ccc([N+](=O)[O-])cc1. The zero-order chi connectivity index (χ0) is 21.3. The summed E-state index contributed by atoms with van der Waals surface area (Å²) in [6.07, 6.45) is 3.27. The van der Waals surface area contributed by atoms with Gasteiger partial charge >= 0.3 is 0 Å². The Bertz CT molecular complexity index is 1360. The van der Waals surface area contributed by atoms with E-state index in [2.05, 4.69) is 20.9 Å². The summed E-state index contributed by atoms with van der Waals surface area (Å²) in [6, 6.07) is 17.7. The van der Waals surface area contributed by atoms with E-state index in [1.807, 2.05) is 0 Å². The summed E-state index contributed by atoms with van der Waals surface area (Å²) in [5, 5.41) is 21.5. The lowest BCUT2D eigenvalue weighted by molar-refractivity contribution is -0.384. The average molecular weight is 464 g/mol. The van der Waals surface area contributed by atoms with Crippen molar-refractivity contribution in [2.45, 2.75) is 0 Å². The van der Waals surface area contributed by atoms with Gasteiger partial charge in [0, 0.05) is 22.2 Å². The second-order valence-electron chi connectivity index (χ2n) is 6.44. The molecule has 7 nitrogen and oxygen atoms in total. The third-order valence-electron chi connectivity index (χ3n) is 4.52. The van der Waals surface area contributed by atoms with Crippen LogP contribution in [0.5, 0.6) is 5.75 Å². The van der Waals surface area contributed by atoms with Crippen LogP contribution in [-0.4, -0.2) is 19.6 Å². The molecule has 0 unspecified atom stereocenters. The first-order valence-electron chi connectivity index (χ1n) is 8.87. The molecule has 8 heteroatoms. The molecule has 0 spiro atoms. The molecule has 148 valence electrons. The Morgan fingerprint density at radius 1 is 1.03 bits per heavy atom. The Morgan fingerprint density at radius 2 is 1.77 bits per heavy atom. The second-order valence-corrected chi connectivity index (χ2v) is 7.35. The molecule has 1 heterocycles. The Morgan fingerprint density at radius 3 is 2.50 bits per heavy atom. The van der Waals surface area contributed by atoms with Crippen molar-refractivity contribution in [3.8, 4) is 11.4 Å². The summed E-state index contributed by atoms with van der Waals surface area (Å²) in [6.45, 7) is 0. The standard InChI is InChI=1S/C22H14BrN3O4/c23-15-6-11-20(27)14(13-15)5-12-21-24-19-4-2-1-3-18(19)22(28)25(21)16-7-9-17(10-8-16)26(29)30/h1-13,27H. The number of aromatic nitrogens is 2. The minimum Gasteiger partial charge on any atom is -0.507 e. The number of fused-ring (bicyclic) bond motifs is 1. The van der Waals surface area contributed by atoms with Crippen LogP contribution in [-0.2, 0) is 0 Å². The average Bonchev–Trinajstić information content (AvgIpc) is 2.74. The normalized spacial score (nSPS) is 11.2. The van der Waals surface area contributed by atoms with Gasteiger partial charge in [0.15, 0.2) is 0 Å². The van der Waals surface area contributed by atoms with Crippen LogP contribution in [0.1, 0.15) is 11.4 Å². The summed E-state index contributed by atoms with van der Waals surface area (Å²) in [7, 11) is 0. The highest BCUT2D eigenvalue weighted by atomic mass is 79.9. The number of aromatic hydroxyl groups is 1. The molecule has 3 aromatic carbocycles. The molecule has 0 bridgehead atoms. The Labute approximate surface area is 178 Å². The first kappa shape index (κ1) is 19.5. The van der Waals surface area contributed by atoms with E-state index in [0.717, 1.165) is 4.47 Å². The highest BCUT2D eigenvalue weighted by molar-refractivity contribution is 9.10. The number of hydrogen-bond donors (Lipinski definition) is 1. The fourth-order valence-corrected chi connectivity index (χ4v) is 3.44. The Balaban J connectivity index is 1.92. The zero-order valence-electron chi connectivity index (χ0n) is 15.4. The van der Waals surface area contributed by atoms with Crippen LogP contribution in [0.15, 0.2) is 76.0 Å². The number of nitro groups is 1. The number of nitro benzene ring substituents is 1. The minimum atomic E-state index is -0.498. The minimum absolute atomic E-state index is 0.0725. The van der Waals surface area contributed by atoms with Crippen LogP contribution in [0, 0.1) is 10.1 Å². The monoisotopic (exact) mass is 463 g/mol. The van der Waals surface area contributed by atoms with E-state index in [1.54, 1.807) is 54.6 Å². The number of phenols is 1. The van der Waals surface area contributed by atoms with Gasteiger partial charge in [-0.25, -0.2) is 4.98 Å². The van der Waals surface area contributed by atoms with Crippen LogP contribution in [0.3, 0.4) is 0 Å². The fourth-order valence-electron chi connectivity index (χ4n) is 3.06. The molecule has 4 rings (SSSR count). The number of phenolic OH excluding ortho intramolecular Hbond substituents is 1. The molecule has 0 fully saturated rings. The van der Waals surface area contributed by atoms with E-state index in [-0.39, 0.29) is 17.0 Å². The molecule has 0 aliphatic rings. The number of hydrogen-bond acceptors (Lipinski definition) is 5. The third kappa shape index (κ3) is 3.72. The van der Waals surface area contributed by atoms with Crippen molar-refractivity contribution in [3.63, 3.8) is 0 Å². The number of non-ortho nitro benzene ring substituents is 1. The van der Waals surface area contributed by atoms with Gasteiger partial charge in [0.05, 0.1) is 21.5 Å². The van der Waals surface area contributed by atoms with Gasteiger partial charge in [-0.3, -0.25) is 19.5 Å². The molecule has 1 aromatic heterocycles. The summed E-state index contributed by atoms with van der Waals surface area (Å²) in [4.78, 5) is 28.2. The van der Waals surface area contributed by atoms with Gasteiger partial charge in [0.2, 0.25) is 0 Å². The van der Waals surface area contributed by atoms with Crippen LogP contribution in [0.4, 0.5) is 5.69 Å². The van der Waals surface area contributed by atoms with Gasteiger partial charge < -0.3 is 5.11 Å². The van der Waals surface area contributed by atoms with E-state index >= 15 is 0 Å². The summed E-state index contributed by atoms with van der Waals surface area (Å²) >= 11 is 3.37. The molecule has 0 radical (unpaired) electrons. The maximum absolute atomic E-state index is 13.2. The summed E-state index contributed by atoms with van der Waals surface area (Å²) < 4.78 is 2.18. The lowest BCUT2D eigenvalue weighted by atomic mass is 10.1. The largest absolute Gasteiger partial charge is 0.507 e. The Hall–Kier alpha value is -3.78. The first-order valence-corrected chi connectivity index (χ1v) is 9.66. The zero-order valence-corrected chi connectivity index (χ0v) is 17.0. The van der Waals surface area contributed by atoms with Crippen molar-refractivity contribution in [1.29, 1.82) is 0 Å². The van der Waals surface area contributed by atoms with Crippen molar-refractivity contribution in [1.82, 2.24) is 9.55 Å². The maximum Gasteiger partial charge on any atom is 0.269 e. The van der Waals surface area contributed by atoms with Crippen LogP contribution in [0.2, 0.25) is 0 Å². The molecule has 0 atom stereocenters. The topological polar surface area (TPSA) is 98.3 Å². The van der Waals surface area contributed by atoms with Gasteiger partial charge in [-0.15, -0.1) is 0 Å². The molecule has 30 heavy (non-hydrogen) atoms. The van der Waals surface area contributed by atoms with Crippen molar-refractivity contribution in [3.05, 3.63) is 103 Å². The van der Waals surface area contributed by atoms with Gasteiger partial charge in [-0.2, -0.15) is 0 Å². The van der Waals surface area contributed by atoms with Crippen molar-refractivity contribution < 1.29 is 10.0 Å². The maximum atomic E-state index is 13.2. The van der Waals surface area contributed by atoms with Gasteiger partial charge in [-0.1, -0.05) is 28.1 Å². The first-order chi connectivity index (χ1) is 14.4. The lowest BCUT2D eigenvalue weighted by Gasteiger charge is -2.11. The fraction of sp³-hybridized carbons (Fsp3) is 0. The number of benzene rings is 3. The smallest absolute Gasteiger partial charge is 0.269 e. The molecule has 0 saturated heterocycles. The van der Waals surface area contributed by atoms with Gasteiger partial charge in [0.1, 0.15) is 11.6 Å². The van der Waals surface area contributed by atoms with Gasteiger partial charge in [0.25, 0.3) is 11.2 Å². The lowest BCUT2D eigenvalue weighted by Crippen LogP contribution is -2.22. The molecule has 0 saturated carbocycles. The van der Waals surface area contributed by atoms with Crippen LogP contribution >= 0.6 is 15.9 Å². The summed E-state index contributed by atoms with van der Waals surface area (Å²) in [5.74, 6) is 0.409. The van der Waals surface area contributed by atoms with Crippen molar-refractivity contribution >= 4 is 44.7 Å². The molecule has 1 N–H and O–H groups in total. The molecule has 4 aromatic rings. The number of nitrogens with zero attached hydrogens (tertiary/aromatic N) is 3. The number of para-hydroxylation sites is 1. The highest BCUT2D eigenvalue weighted by Crippen LogP contribution is 2.24. The number of rotatable bonds is 4. The molecule has 0 aliphatic carbocycles. The van der Waals surface area contributed by atoms with Crippen LogP contribution in [0.25, 0.3) is 28.7 Å². The molecule has 0 amide bonds. The molecule has 0 aliphatic heterocycles. The molecular weight excluding hydrogens is 450 g/mol. The van der Waals surface area contributed by atoms with Gasteiger partial charge in [-0.05, 0) is 54.6 Å². The third-order valence-corrected chi connectivity index (χ3v) is 5.02. The van der Waals surface area contributed by atoms with E-state index in [9.17, 15) is 20.0 Å². The molecular formula is C22H14BrN3O4. The van der Waals surface area contributed by atoms with Crippen molar-refractivity contribution in [2.24, 2.45) is 0 Å². The predicted octanol–water partition coefficient (Wildman–Crippen LogP) is 4.93. The summed E-state index contributed by atoms with van der Waals surface area (Å²) in [5.41, 5.74) is 1.15. The second kappa shape index (κ2) is 7.92. The van der Waals surface area contributed by atoms with E-state index in [1.165, 1.54) is 28.8 Å². The van der Waals surface area contributed by atoms with E-state index in [4.69, 9.17) is 0 Å². The Kier molecular flexibility index (Phi) is 5.16. The number of halogens is 1. The van der Waals surface area contributed by atoms with Crippen LogP contribution < -0.4 is 5.56 Å². The van der Waals surface area contributed by atoms with E-state index < -0.39 is 4.92 Å². The highest BCUT2D eigenvalue weighted by Gasteiger charge is 2.13. The quantitative estimate of drug-likeness (QED) is 0.341. The predicted molar refractivity (Wildman–Crippen MR) is 119 cm³/mol.